The number of rotatable bonds is 11. The summed E-state index contributed by atoms with van der Waals surface area (Å²) in [4.78, 5) is 42.6. The SMILES string of the molecule is COCC(=O)Nc1ccc(C=CC(=O)NCC(=O)N(C)c2ccc(Cl)c(COc3cccn4c(Cl)c(C)nc34)c2Cl)cc1. The molecule has 0 radical (unpaired) electrons. The lowest BCUT2D eigenvalue weighted by molar-refractivity contribution is -0.122. The summed E-state index contributed by atoms with van der Waals surface area (Å²) in [5.41, 5.74) is 3.42. The lowest BCUT2D eigenvalue weighted by Gasteiger charge is -2.21. The van der Waals surface area contributed by atoms with Crippen LogP contribution in [0, 0.1) is 6.92 Å². The number of carbonyl (C=O) groups excluding carboxylic acids is 3. The molecule has 224 valence electrons. The van der Waals surface area contributed by atoms with E-state index in [2.05, 4.69) is 15.6 Å². The van der Waals surface area contributed by atoms with Gasteiger partial charge in [0.15, 0.2) is 11.4 Å². The Balaban J connectivity index is 1.35. The molecule has 2 heterocycles. The molecule has 4 aromatic rings. The molecule has 4 rings (SSSR count). The minimum absolute atomic E-state index is 0.0127. The van der Waals surface area contributed by atoms with Crippen LogP contribution in [0.4, 0.5) is 11.4 Å². The molecule has 0 unspecified atom stereocenters. The monoisotopic (exact) mass is 643 g/mol. The molecule has 0 aliphatic heterocycles. The number of anilines is 2. The van der Waals surface area contributed by atoms with Crippen LogP contribution in [0.2, 0.25) is 15.2 Å². The Hall–Kier alpha value is -4.09. The van der Waals surface area contributed by atoms with E-state index >= 15 is 0 Å². The molecule has 2 N–H and O–H groups in total. The summed E-state index contributed by atoms with van der Waals surface area (Å²) in [6, 6.07) is 13.7. The number of ether oxygens (including phenoxy) is 2. The quantitative estimate of drug-likeness (QED) is 0.207. The lowest BCUT2D eigenvalue weighted by atomic mass is 10.2. The normalized spacial score (nSPS) is 11.1. The standard InChI is InChI=1S/C30H28Cl3N5O5/c1-18-29(33)38-14-4-5-24(30(38)35-18)43-16-21-22(31)11-12-23(28(21)32)37(2)27(41)15-34-25(39)13-8-19-6-9-20(10-7-19)36-26(40)17-42-3/h4-14H,15-17H2,1-3H3,(H,34,39)(H,36,40). The van der Waals surface area contributed by atoms with Crippen LogP contribution in [0.15, 0.2) is 60.8 Å². The van der Waals surface area contributed by atoms with Crippen molar-refractivity contribution in [2.24, 2.45) is 0 Å². The van der Waals surface area contributed by atoms with E-state index in [0.29, 0.717) is 44.2 Å². The Morgan fingerprint density at radius 3 is 2.53 bits per heavy atom. The zero-order valence-electron chi connectivity index (χ0n) is 23.5. The molecule has 10 nitrogen and oxygen atoms in total. The highest BCUT2D eigenvalue weighted by atomic mass is 35.5. The number of nitrogens with zero attached hydrogens (tertiary/aromatic N) is 3. The van der Waals surface area contributed by atoms with Crippen LogP contribution in [0.1, 0.15) is 16.8 Å². The van der Waals surface area contributed by atoms with Gasteiger partial charge in [0.2, 0.25) is 17.7 Å². The van der Waals surface area contributed by atoms with Crippen molar-refractivity contribution in [1.82, 2.24) is 14.7 Å². The zero-order valence-corrected chi connectivity index (χ0v) is 25.8. The molecule has 0 bridgehead atoms. The predicted molar refractivity (Wildman–Crippen MR) is 168 cm³/mol. The van der Waals surface area contributed by atoms with Gasteiger partial charge in [0, 0.05) is 42.7 Å². The molecule has 2 aromatic carbocycles. The third-order valence-electron chi connectivity index (χ3n) is 6.30. The van der Waals surface area contributed by atoms with Crippen molar-refractivity contribution in [2.45, 2.75) is 13.5 Å². The van der Waals surface area contributed by atoms with E-state index in [1.165, 1.54) is 18.1 Å². The first-order chi connectivity index (χ1) is 20.6. The van der Waals surface area contributed by atoms with E-state index in [1.807, 2.05) is 0 Å². The molecule has 0 saturated heterocycles. The second kappa shape index (κ2) is 14.4. The summed E-state index contributed by atoms with van der Waals surface area (Å²) in [6.07, 6.45) is 4.68. The van der Waals surface area contributed by atoms with Crippen LogP contribution in [-0.2, 0) is 25.7 Å². The van der Waals surface area contributed by atoms with Crippen molar-refractivity contribution < 1.29 is 23.9 Å². The summed E-state index contributed by atoms with van der Waals surface area (Å²) in [5.74, 6) is -0.645. The van der Waals surface area contributed by atoms with Crippen molar-refractivity contribution in [3.05, 3.63) is 92.8 Å². The van der Waals surface area contributed by atoms with Crippen molar-refractivity contribution in [3.8, 4) is 5.75 Å². The fourth-order valence-electron chi connectivity index (χ4n) is 4.02. The van der Waals surface area contributed by atoms with Crippen molar-refractivity contribution in [3.63, 3.8) is 0 Å². The van der Waals surface area contributed by atoms with Gasteiger partial charge in [-0.15, -0.1) is 0 Å². The largest absolute Gasteiger partial charge is 0.485 e. The minimum atomic E-state index is -0.459. The fourth-order valence-corrected chi connectivity index (χ4v) is 4.80. The molecule has 0 atom stereocenters. The maximum atomic E-state index is 12.9. The topological polar surface area (TPSA) is 114 Å². The number of pyridine rings is 1. The number of benzene rings is 2. The van der Waals surface area contributed by atoms with Crippen molar-refractivity contribution in [1.29, 1.82) is 0 Å². The first kappa shape index (κ1) is 31.8. The van der Waals surface area contributed by atoms with Crippen LogP contribution in [0.5, 0.6) is 5.75 Å². The summed E-state index contributed by atoms with van der Waals surface area (Å²) in [5, 5.41) is 6.34. The second-order valence-electron chi connectivity index (χ2n) is 9.31. The molecule has 0 aliphatic rings. The van der Waals surface area contributed by atoms with Gasteiger partial charge in [-0.05, 0) is 55.0 Å². The molecular weight excluding hydrogens is 617 g/mol. The lowest BCUT2D eigenvalue weighted by Crippen LogP contribution is -2.37. The number of hydrogen-bond donors (Lipinski definition) is 2. The third kappa shape index (κ3) is 7.85. The van der Waals surface area contributed by atoms with Crippen molar-refractivity contribution in [2.75, 3.05) is 37.5 Å². The first-order valence-corrected chi connectivity index (χ1v) is 14.1. The summed E-state index contributed by atoms with van der Waals surface area (Å²) in [6.45, 7) is 1.50. The van der Waals surface area contributed by atoms with E-state index in [9.17, 15) is 14.4 Å². The smallest absolute Gasteiger partial charge is 0.250 e. The predicted octanol–water partition coefficient (Wildman–Crippen LogP) is 5.56. The van der Waals surface area contributed by atoms with Crippen LogP contribution in [0.25, 0.3) is 11.7 Å². The zero-order chi connectivity index (χ0) is 31.1. The maximum absolute atomic E-state index is 12.9. The number of aryl methyl sites for hydroxylation is 1. The van der Waals surface area contributed by atoms with Gasteiger partial charge in [-0.25, -0.2) is 4.98 Å². The van der Waals surface area contributed by atoms with Gasteiger partial charge in [0.1, 0.15) is 18.4 Å². The molecular formula is C30H28Cl3N5O5. The average molecular weight is 645 g/mol. The molecule has 13 heteroatoms. The Kier molecular flexibility index (Phi) is 10.7. The summed E-state index contributed by atoms with van der Waals surface area (Å²) < 4.78 is 12.5. The maximum Gasteiger partial charge on any atom is 0.250 e. The molecule has 43 heavy (non-hydrogen) atoms. The van der Waals surface area contributed by atoms with Crippen LogP contribution >= 0.6 is 34.8 Å². The Morgan fingerprint density at radius 1 is 1.07 bits per heavy atom. The van der Waals surface area contributed by atoms with E-state index in [4.69, 9.17) is 44.3 Å². The Morgan fingerprint density at radius 2 is 1.81 bits per heavy atom. The van der Waals surface area contributed by atoms with Crippen LogP contribution in [0.3, 0.4) is 0 Å². The van der Waals surface area contributed by atoms with Crippen LogP contribution in [-0.4, -0.2) is 54.4 Å². The van der Waals surface area contributed by atoms with E-state index < -0.39 is 11.8 Å². The number of methoxy groups -OCH3 is 1. The number of likely N-dealkylation sites (N-methyl/N-ethyl adjacent to an activating group) is 1. The van der Waals surface area contributed by atoms with Crippen LogP contribution < -0.4 is 20.3 Å². The van der Waals surface area contributed by atoms with Crippen molar-refractivity contribution >= 4 is 75.6 Å². The van der Waals surface area contributed by atoms with E-state index in [1.54, 1.807) is 79.2 Å². The van der Waals surface area contributed by atoms with Gasteiger partial charge in [-0.1, -0.05) is 46.9 Å². The number of fused-ring (bicyclic) bond motifs is 1. The van der Waals surface area contributed by atoms with Gasteiger partial charge in [-0.2, -0.15) is 0 Å². The highest BCUT2D eigenvalue weighted by Gasteiger charge is 2.20. The van der Waals surface area contributed by atoms with Gasteiger partial charge < -0.3 is 25.0 Å². The second-order valence-corrected chi connectivity index (χ2v) is 10.5. The van der Waals surface area contributed by atoms with Gasteiger partial charge in [-0.3, -0.25) is 18.8 Å². The molecule has 0 saturated carbocycles. The van der Waals surface area contributed by atoms with E-state index in [-0.39, 0.29) is 30.7 Å². The minimum Gasteiger partial charge on any atom is -0.485 e. The first-order valence-electron chi connectivity index (χ1n) is 12.9. The van der Waals surface area contributed by atoms with Gasteiger partial charge in [0.25, 0.3) is 0 Å². The number of amides is 3. The van der Waals surface area contributed by atoms with Gasteiger partial charge in [0.05, 0.1) is 22.9 Å². The van der Waals surface area contributed by atoms with E-state index in [0.717, 1.165) is 5.56 Å². The number of halogens is 3. The number of nitrogens with one attached hydrogen (secondary N) is 2. The molecule has 0 aliphatic carbocycles. The Labute approximate surface area is 263 Å². The highest BCUT2D eigenvalue weighted by Crippen LogP contribution is 2.35. The molecule has 3 amide bonds. The average Bonchev–Trinajstić information content (AvgIpc) is 3.28. The Bertz CT molecular complexity index is 1690. The molecule has 0 fully saturated rings. The number of carbonyl (C=O) groups is 3. The fraction of sp³-hybridized carbons (Fsp3) is 0.200. The van der Waals surface area contributed by atoms with Gasteiger partial charge >= 0.3 is 0 Å². The molecule has 0 spiro atoms. The number of imidazole rings is 1. The summed E-state index contributed by atoms with van der Waals surface area (Å²) >= 11 is 19.4. The third-order valence-corrected chi connectivity index (χ3v) is 7.53. The highest BCUT2D eigenvalue weighted by molar-refractivity contribution is 6.38. The molecule has 2 aromatic heterocycles. The number of aromatic nitrogens is 2. The summed E-state index contributed by atoms with van der Waals surface area (Å²) in [7, 11) is 2.99. The number of hydrogen-bond acceptors (Lipinski definition) is 6.